The third-order valence-corrected chi connectivity index (χ3v) is 1.53. The zero-order chi connectivity index (χ0) is 8.43. The Balaban J connectivity index is 3.21. The second kappa shape index (κ2) is 2.80. The fraction of sp³-hybridized carbons (Fsp3) is 0.250. The van der Waals surface area contributed by atoms with E-state index in [9.17, 15) is 5.11 Å². The smallest absolute Gasteiger partial charge is 0.123 e. The number of anilines is 1. The number of aliphatic hydroxyl groups is 1. The Labute approximate surface area is 65.1 Å². The molecule has 11 heavy (non-hydrogen) atoms. The zero-order valence-corrected chi connectivity index (χ0v) is 6.28. The van der Waals surface area contributed by atoms with Crippen molar-refractivity contribution in [1.29, 1.82) is 0 Å². The lowest BCUT2D eigenvalue weighted by molar-refractivity contribution is 0.196. The molecule has 0 aliphatic rings. The molecule has 0 aliphatic carbocycles. The van der Waals surface area contributed by atoms with Gasteiger partial charge < -0.3 is 15.9 Å². The zero-order valence-electron chi connectivity index (χ0n) is 6.28. The van der Waals surface area contributed by atoms with Gasteiger partial charge in [0.1, 0.15) is 5.75 Å². The molecule has 0 amide bonds. The summed E-state index contributed by atoms with van der Waals surface area (Å²) in [7, 11) is 0. The maximum absolute atomic E-state index is 9.22. The van der Waals surface area contributed by atoms with Crippen molar-refractivity contribution >= 4 is 5.69 Å². The van der Waals surface area contributed by atoms with Gasteiger partial charge in [-0.3, -0.25) is 0 Å². The predicted octanol–water partition coefficient (Wildman–Crippen LogP) is 1.03. The van der Waals surface area contributed by atoms with Crippen molar-refractivity contribution in [3.8, 4) is 5.75 Å². The molecule has 3 heteroatoms. The van der Waals surface area contributed by atoms with Crippen molar-refractivity contribution in [3.05, 3.63) is 23.8 Å². The number of phenols is 1. The molecule has 0 fully saturated rings. The van der Waals surface area contributed by atoms with Gasteiger partial charge >= 0.3 is 0 Å². The van der Waals surface area contributed by atoms with Gasteiger partial charge in [0.25, 0.3) is 0 Å². The van der Waals surface area contributed by atoms with E-state index in [1.807, 2.05) is 0 Å². The minimum atomic E-state index is -0.726. The first-order valence-electron chi connectivity index (χ1n) is 3.38. The van der Waals surface area contributed by atoms with Crippen molar-refractivity contribution in [3.63, 3.8) is 0 Å². The summed E-state index contributed by atoms with van der Waals surface area (Å²) < 4.78 is 0. The highest BCUT2D eigenvalue weighted by Gasteiger charge is 2.09. The molecule has 1 aromatic rings. The first-order valence-corrected chi connectivity index (χ1v) is 3.38. The molecule has 0 aromatic heterocycles. The van der Waals surface area contributed by atoms with Crippen LogP contribution in [0.5, 0.6) is 5.75 Å². The molecule has 3 nitrogen and oxygen atoms in total. The van der Waals surface area contributed by atoms with Gasteiger partial charge in [0.2, 0.25) is 0 Å². The number of nitrogen functional groups attached to an aromatic ring is 1. The monoisotopic (exact) mass is 153 g/mol. The lowest BCUT2D eigenvalue weighted by Crippen LogP contribution is -1.98. The van der Waals surface area contributed by atoms with Crippen molar-refractivity contribution in [2.45, 2.75) is 13.0 Å². The number of rotatable bonds is 1. The van der Waals surface area contributed by atoms with Gasteiger partial charge in [-0.1, -0.05) is 6.07 Å². The van der Waals surface area contributed by atoms with Crippen LogP contribution in [0.1, 0.15) is 18.6 Å². The molecule has 4 N–H and O–H groups in total. The number of aliphatic hydroxyl groups excluding tert-OH is 1. The number of nitrogens with two attached hydrogens (primary N) is 1. The van der Waals surface area contributed by atoms with Crippen LogP contribution in [0, 0.1) is 0 Å². The summed E-state index contributed by atoms with van der Waals surface area (Å²) in [6, 6.07) is 4.77. The number of phenolic OH excluding ortho intramolecular Hbond substituents is 1. The van der Waals surface area contributed by atoms with Crippen molar-refractivity contribution < 1.29 is 10.2 Å². The molecule has 0 bridgehead atoms. The van der Waals surface area contributed by atoms with E-state index < -0.39 is 6.10 Å². The Kier molecular flexibility index (Phi) is 2.01. The number of hydrogen-bond donors (Lipinski definition) is 3. The fourth-order valence-corrected chi connectivity index (χ4v) is 1.03. The molecule has 1 rings (SSSR count). The highest BCUT2D eigenvalue weighted by atomic mass is 16.3. The first-order chi connectivity index (χ1) is 5.13. The molecule has 0 heterocycles. The molecule has 0 saturated carbocycles. The molecule has 0 aliphatic heterocycles. The first kappa shape index (κ1) is 7.88. The van der Waals surface area contributed by atoms with Crippen LogP contribution >= 0.6 is 0 Å². The highest BCUT2D eigenvalue weighted by Crippen LogP contribution is 2.28. The fourth-order valence-electron chi connectivity index (χ4n) is 1.03. The normalized spacial score (nSPS) is 12.9. The molecule has 1 aromatic carbocycles. The summed E-state index contributed by atoms with van der Waals surface area (Å²) in [5.74, 6) is 0.0417. The molecule has 0 radical (unpaired) electrons. The van der Waals surface area contributed by atoms with Crippen LogP contribution in [0.4, 0.5) is 5.69 Å². The van der Waals surface area contributed by atoms with Crippen LogP contribution < -0.4 is 5.73 Å². The number of hydrogen-bond acceptors (Lipinski definition) is 3. The summed E-state index contributed by atoms with van der Waals surface area (Å²) in [5.41, 5.74) is 6.31. The lowest BCUT2D eigenvalue weighted by atomic mass is 10.1. The minimum absolute atomic E-state index is 0.0417. The Bertz CT molecular complexity index is 238. The van der Waals surface area contributed by atoms with E-state index in [1.54, 1.807) is 19.1 Å². The van der Waals surface area contributed by atoms with E-state index in [0.29, 0.717) is 11.3 Å². The summed E-state index contributed by atoms with van der Waals surface area (Å²) in [6.45, 7) is 1.56. The predicted molar refractivity (Wildman–Crippen MR) is 43.2 cm³/mol. The Morgan fingerprint density at radius 3 is 2.45 bits per heavy atom. The number of aromatic hydroxyl groups is 1. The highest BCUT2D eigenvalue weighted by molar-refractivity contribution is 5.54. The molecule has 1 unspecified atom stereocenters. The van der Waals surface area contributed by atoms with Gasteiger partial charge in [-0.15, -0.1) is 0 Å². The van der Waals surface area contributed by atoms with Gasteiger partial charge in [-0.05, 0) is 19.1 Å². The largest absolute Gasteiger partial charge is 0.507 e. The summed E-state index contributed by atoms with van der Waals surface area (Å²) in [4.78, 5) is 0. The van der Waals surface area contributed by atoms with Gasteiger partial charge in [0, 0.05) is 11.3 Å². The maximum Gasteiger partial charge on any atom is 0.123 e. The van der Waals surface area contributed by atoms with Crippen LogP contribution in [0.15, 0.2) is 18.2 Å². The van der Waals surface area contributed by atoms with E-state index in [4.69, 9.17) is 10.8 Å². The van der Waals surface area contributed by atoms with Crippen molar-refractivity contribution in [2.24, 2.45) is 0 Å². The molecule has 0 spiro atoms. The standard InChI is InChI=1S/C8H11NO2/c1-5(10)8-6(9)3-2-4-7(8)11/h2-5,10-11H,9H2,1H3. The minimum Gasteiger partial charge on any atom is -0.507 e. The topological polar surface area (TPSA) is 66.5 Å². The van der Waals surface area contributed by atoms with E-state index >= 15 is 0 Å². The van der Waals surface area contributed by atoms with Gasteiger partial charge in [0.05, 0.1) is 6.10 Å². The lowest BCUT2D eigenvalue weighted by Gasteiger charge is -2.09. The summed E-state index contributed by atoms with van der Waals surface area (Å²) in [5, 5.41) is 18.4. The molecule has 1 atom stereocenters. The van der Waals surface area contributed by atoms with Crippen molar-refractivity contribution in [1.82, 2.24) is 0 Å². The molecular formula is C8H11NO2. The Morgan fingerprint density at radius 2 is 2.09 bits per heavy atom. The van der Waals surface area contributed by atoms with E-state index in [-0.39, 0.29) is 5.75 Å². The van der Waals surface area contributed by atoms with E-state index in [2.05, 4.69) is 0 Å². The average molecular weight is 153 g/mol. The quantitative estimate of drug-likeness (QED) is 0.528. The van der Waals surface area contributed by atoms with Crippen LogP contribution in [0.25, 0.3) is 0 Å². The van der Waals surface area contributed by atoms with Gasteiger partial charge in [0.15, 0.2) is 0 Å². The Morgan fingerprint density at radius 1 is 1.45 bits per heavy atom. The van der Waals surface area contributed by atoms with E-state index in [1.165, 1.54) is 6.07 Å². The third-order valence-electron chi connectivity index (χ3n) is 1.53. The summed E-state index contributed by atoms with van der Waals surface area (Å²) >= 11 is 0. The van der Waals surface area contributed by atoms with E-state index in [0.717, 1.165) is 0 Å². The van der Waals surface area contributed by atoms with Crippen LogP contribution in [-0.4, -0.2) is 10.2 Å². The second-order valence-corrected chi connectivity index (χ2v) is 2.46. The van der Waals surface area contributed by atoms with Crippen LogP contribution in [0.2, 0.25) is 0 Å². The molecular weight excluding hydrogens is 142 g/mol. The van der Waals surface area contributed by atoms with Crippen LogP contribution in [0.3, 0.4) is 0 Å². The number of benzene rings is 1. The SMILES string of the molecule is CC(O)c1c(N)cccc1O. The summed E-state index contributed by atoms with van der Waals surface area (Å²) in [6.07, 6.45) is -0.726. The third kappa shape index (κ3) is 1.43. The van der Waals surface area contributed by atoms with Gasteiger partial charge in [-0.25, -0.2) is 0 Å². The Hall–Kier alpha value is -1.22. The van der Waals surface area contributed by atoms with Crippen LogP contribution in [-0.2, 0) is 0 Å². The van der Waals surface area contributed by atoms with Crippen molar-refractivity contribution in [2.75, 3.05) is 5.73 Å². The average Bonchev–Trinajstić information content (AvgIpc) is 1.85. The second-order valence-electron chi connectivity index (χ2n) is 2.46. The molecule has 60 valence electrons. The molecule has 0 saturated heterocycles. The van der Waals surface area contributed by atoms with Gasteiger partial charge in [-0.2, -0.15) is 0 Å². The maximum atomic E-state index is 9.22.